The summed E-state index contributed by atoms with van der Waals surface area (Å²) in [7, 11) is 2.03. The Kier molecular flexibility index (Phi) is 5.92. The summed E-state index contributed by atoms with van der Waals surface area (Å²) in [6.45, 7) is 8.03. The molecule has 4 heteroatoms. The number of amides is 1. The topological polar surface area (TPSA) is 44.4 Å². The smallest absolute Gasteiger partial charge is 0.237 e. The highest BCUT2D eigenvalue weighted by molar-refractivity contribution is 5.81. The van der Waals surface area contributed by atoms with Crippen molar-refractivity contribution in [3.8, 4) is 0 Å². The lowest BCUT2D eigenvalue weighted by Gasteiger charge is -2.31. The summed E-state index contributed by atoms with van der Waals surface area (Å²) in [5.41, 5.74) is 0. The van der Waals surface area contributed by atoms with Gasteiger partial charge in [-0.05, 0) is 47.2 Å². The molecule has 17 heavy (non-hydrogen) atoms. The second kappa shape index (κ2) is 6.97. The average Bonchev–Trinajstić information content (AvgIpc) is 2.28. The van der Waals surface area contributed by atoms with E-state index in [1.807, 2.05) is 27.8 Å². The third kappa shape index (κ3) is 5.04. The van der Waals surface area contributed by atoms with Crippen molar-refractivity contribution in [1.29, 1.82) is 0 Å². The summed E-state index contributed by atoms with van der Waals surface area (Å²) < 4.78 is 0. The van der Waals surface area contributed by atoms with Crippen LogP contribution in [0.2, 0.25) is 0 Å². The Morgan fingerprint density at radius 2 is 2.12 bits per heavy atom. The molecule has 1 rings (SSSR count). The van der Waals surface area contributed by atoms with Gasteiger partial charge in [0.1, 0.15) is 0 Å². The van der Waals surface area contributed by atoms with E-state index in [0.717, 1.165) is 13.1 Å². The summed E-state index contributed by atoms with van der Waals surface area (Å²) in [5.74, 6) is 0.123. The second-order valence-corrected chi connectivity index (χ2v) is 5.43. The van der Waals surface area contributed by atoms with Crippen LogP contribution in [0.5, 0.6) is 0 Å². The van der Waals surface area contributed by atoms with Crippen molar-refractivity contribution in [1.82, 2.24) is 15.5 Å². The SMILES string of the molecule is CC(C)NC(=O)C(C)N(C)CC1CCCCN1. The molecule has 0 spiro atoms. The van der Waals surface area contributed by atoms with Crippen LogP contribution in [0.25, 0.3) is 0 Å². The molecule has 0 saturated carbocycles. The van der Waals surface area contributed by atoms with Gasteiger partial charge in [0.2, 0.25) is 5.91 Å². The monoisotopic (exact) mass is 241 g/mol. The number of hydrogen-bond acceptors (Lipinski definition) is 3. The number of piperidine rings is 1. The Morgan fingerprint density at radius 1 is 1.41 bits per heavy atom. The van der Waals surface area contributed by atoms with Crippen molar-refractivity contribution in [2.75, 3.05) is 20.1 Å². The van der Waals surface area contributed by atoms with Gasteiger partial charge in [-0.3, -0.25) is 9.69 Å². The predicted octanol–water partition coefficient (Wildman–Crippen LogP) is 0.973. The third-order valence-electron chi connectivity index (χ3n) is 3.39. The van der Waals surface area contributed by atoms with E-state index in [4.69, 9.17) is 0 Å². The van der Waals surface area contributed by atoms with Crippen LogP contribution in [0.1, 0.15) is 40.0 Å². The lowest BCUT2D eigenvalue weighted by Crippen LogP contribution is -2.50. The lowest BCUT2D eigenvalue weighted by molar-refractivity contribution is -0.126. The highest BCUT2D eigenvalue weighted by atomic mass is 16.2. The largest absolute Gasteiger partial charge is 0.353 e. The first-order chi connectivity index (χ1) is 8.00. The second-order valence-electron chi connectivity index (χ2n) is 5.43. The van der Waals surface area contributed by atoms with Gasteiger partial charge < -0.3 is 10.6 Å². The molecule has 0 aromatic carbocycles. The highest BCUT2D eigenvalue weighted by Crippen LogP contribution is 2.09. The highest BCUT2D eigenvalue weighted by Gasteiger charge is 2.22. The molecule has 1 aliphatic heterocycles. The Bertz CT molecular complexity index is 237. The molecule has 0 aromatic heterocycles. The molecule has 0 bridgehead atoms. The molecule has 1 amide bonds. The number of carbonyl (C=O) groups excluding carboxylic acids is 1. The molecule has 1 aliphatic rings. The van der Waals surface area contributed by atoms with Gasteiger partial charge in [-0.25, -0.2) is 0 Å². The maximum atomic E-state index is 11.9. The van der Waals surface area contributed by atoms with Gasteiger partial charge in [0.05, 0.1) is 6.04 Å². The van der Waals surface area contributed by atoms with Crippen LogP contribution in [-0.2, 0) is 4.79 Å². The first kappa shape index (κ1) is 14.5. The van der Waals surface area contributed by atoms with Crippen LogP contribution in [0, 0.1) is 0 Å². The number of rotatable bonds is 5. The average molecular weight is 241 g/mol. The molecular weight excluding hydrogens is 214 g/mol. The minimum atomic E-state index is -0.0545. The Balaban J connectivity index is 2.34. The quantitative estimate of drug-likeness (QED) is 0.754. The first-order valence-corrected chi connectivity index (χ1v) is 6.74. The van der Waals surface area contributed by atoms with Crippen molar-refractivity contribution < 1.29 is 4.79 Å². The van der Waals surface area contributed by atoms with E-state index in [9.17, 15) is 4.79 Å². The number of carbonyl (C=O) groups is 1. The van der Waals surface area contributed by atoms with Crippen LogP contribution in [0.4, 0.5) is 0 Å². The Labute approximate surface area is 105 Å². The number of nitrogens with zero attached hydrogens (tertiary/aromatic N) is 1. The Morgan fingerprint density at radius 3 is 2.65 bits per heavy atom. The van der Waals surface area contributed by atoms with Crippen LogP contribution < -0.4 is 10.6 Å². The standard InChI is InChI=1S/C13H27N3O/c1-10(2)15-13(17)11(3)16(4)9-12-7-5-6-8-14-12/h10-12,14H,5-9H2,1-4H3,(H,15,17). The maximum absolute atomic E-state index is 11.9. The minimum Gasteiger partial charge on any atom is -0.353 e. The van der Waals surface area contributed by atoms with E-state index >= 15 is 0 Å². The van der Waals surface area contributed by atoms with Gasteiger partial charge in [-0.2, -0.15) is 0 Å². The molecule has 0 aliphatic carbocycles. The van der Waals surface area contributed by atoms with E-state index in [-0.39, 0.29) is 18.0 Å². The van der Waals surface area contributed by atoms with E-state index < -0.39 is 0 Å². The van der Waals surface area contributed by atoms with E-state index in [1.54, 1.807) is 0 Å². The molecular formula is C13H27N3O. The normalized spacial score (nSPS) is 22.8. The van der Waals surface area contributed by atoms with Crippen molar-refractivity contribution in [3.63, 3.8) is 0 Å². The fraction of sp³-hybridized carbons (Fsp3) is 0.923. The minimum absolute atomic E-state index is 0.0545. The van der Waals surface area contributed by atoms with E-state index in [0.29, 0.717) is 6.04 Å². The summed E-state index contributed by atoms with van der Waals surface area (Å²) in [6.07, 6.45) is 3.81. The van der Waals surface area contributed by atoms with Crippen LogP contribution >= 0.6 is 0 Å². The number of nitrogens with one attached hydrogen (secondary N) is 2. The van der Waals surface area contributed by atoms with Crippen molar-refractivity contribution in [3.05, 3.63) is 0 Å². The zero-order valence-electron chi connectivity index (χ0n) is 11.6. The molecule has 2 unspecified atom stereocenters. The zero-order chi connectivity index (χ0) is 12.8. The van der Waals surface area contributed by atoms with Gasteiger partial charge in [-0.1, -0.05) is 6.42 Å². The van der Waals surface area contributed by atoms with Gasteiger partial charge in [0, 0.05) is 18.6 Å². The maximum Gasteiger partial charge on any atom is 0.237 e. The molecule has 2 atom stereocenters. The van der Waals surface area contributed by atoms with Crippen LogP contribution in [0.3, 0.4) is 0 Å². The third-order valence-corrected chi connectivity index (χ3v) is 3.39. The molecule has 0 aromatic rings. The molecule has 1 saturated heterocycles. The van der Waals surface area contributed by atoms with Crippen LogP contribution in [-0.4, -0.2) is 49.1 Å². The first-order valence-electron chi connectivity index (χ1n) is 6.74. The van der Waals surface area contributed by atoms with Gasteiger partial charge >= 0.3 is 0 Å². The fourth-order valence-electron chi connectivity index (χ4n) is 2.19. The van der Waals surface area contributed by atoms with Gasteiger partial charge in [0.25, 0.3) is 0 Å². The summed E-state index contributed by atoms with van der Waals surface area (Å²) >= 11 is 0. The molecule has 100 valence electrons. The molecule has 2 N–H and O–H groups in total. The number of hydrogen-bond donors (Lipinski definition) is 2. The van der Waals surface area contributed by atoms with Gasteiger partial charge in [0.15, 0.2) is 0 Å². The van der Waals surface area contributed by atoms with Crippen LogP contribution in [0.15, 0.2) is 0 Å². The van der Waals surface area contributed by atoms with E-state index in [2.05, 4.69) is 15.5 Å². The lowest BCUT2D eigenvalue weighted by atomic mass is 10.0. The van der Waals surface area contributed by atoms with Crippen molar-refractivity contribution >= 4 is 5.91 Å². The predicted molar refractivity (Wildman–Crippen MR) is 71.0 cm³/mol. The molecule has 0 radical (unpaired) electrons. The fourth-order valence-corrected chi connectivity index (χ4v) is 2.19. The number of likely N-dealkylation sites (N-methyl/N-ethyl adjacent to an activating group) is 1. The molecule has 1 fully saturated rings. The van der Waals surface area contributed by atoms with E-state index in [1.165, 1.54) is 19.3 Å². The summed E-state index contributed by atoms with van der Waals surface area (Å²) in [4.78, 5) is 14.0. The van der Waals surface area contributed by atoms with Crippen molar-refractivity contribution in [2.45, 2.75) is 58.2 Å². The Hall–Kier alpha value is -0.610. The van der Waals surface area contributed by atoms with Gasteiger partial charge in [-0.15, -0.1) is 0 Å². The molecule has 1 heterocycles. The summed E-state index contributed by atoms with van der Waals surface area (Å²) in [5, 5.41) is 6.47. The molecule has 4 nitrogen and oxygen atoms in total. The van der Waals surface area contributed by atoms with Crippen molar-refractivity contribution in [2.24, 2.45) is 0 Å². The zero-order valence-corrected chi connectivity index (χ0v) is 11.6. The summed E-state index contributed by atoms with van der Waals surface area (Å²) in [6, 6.07) is 0.704.